The molecule has 1 fully saturated rings. The van der Waals surface area contributed by atoms with Crippen LogP contribution in [0.5, 0.6) is 0 Å². The highest BCUT2D eigenvalue weighted by Gasteiger charge is 2.27. The van der Waals surface area contributed by atoms with Gasteiger partial charge in [-0.3, -0.25) is 9.47 Å². The Morgan fingerprint density at radius 3 is 3.14 bits per heavy atom. The summed E-state index contributed by atoms with van der Waals surface area (Å²) in [5.74, 6) is -0.363. The lowest BCUT2D eigenvalue weighted by atomic mass is 9.96. The van der Waals surface area contributed by atoms with Crippen molar-refractivity contribution in [2.24, 2.45) is 0 Å². The topological polar surface area (TPSA) is 71.5 Å². The molecule has 3 heterocycles. The van der Waals surface area contributed by atoms with Gasteiger partial charge in [0.15, 0.2) is 11.2 Å². The summed E-state index contributed by atoms with van der Waals surface area (Å²) in [5, 5.41) is 10.2. The minimum atomic E-state index is -0.363. The molecule has 2 unspecified atom stereocenters. The van der Waals surface area contributed by atoms with Crippen molar-refractivity contribution in [1.82, 2.24) is 14.5 Å². The van der Waals surface area contributed by atoms with E-state index in [1.54, 1.807) is 22.9 Å². The lowest BCUT2D eigenvalue weighted by Crippen LogP contribution is -2.48. The Morgan fingerprint density at radius 2 is 2.32 bits per heavy atom. The summed E-state index contributed by atoms with van der Waals surface area (Å²) in [6, 6.07) is 3.71. The fourth-order valence-corrected chi connectivity index (χ4v) is 3.33. The van der Waals surface area contributed by atoms with Crippen LogP contribution in [0.4, 0.5) is 0 Å². The van der Waals surface area contributed by atoms with Crippen LogP contribution in [0.15, 0.2) is 27.5 Å². The van der Waals surface area contributed by atoms with Crippen molar-refractivity contribution in [1.29, 1.82) is 0 Å². The van der Waals surface area contributed by atoms with Crippen LogP contribution in [0.2, 0.25) is 0 Å². The third-order valence-electron chi connectivity index (χ3n) is 4.56. The molecular formula is C16H23N3O3. The third-order valence-corrected chi connectivity index (χ3v) is 4.56. The van der Waals surface area contributed by atoms with Crippen molar-refractivity contribution in [2.75, 3.05) is 13.1 Å². The van der Waals surface area contributed by atoms with E-state index < -0.39 is 0 Å². The Kier molecular flexibility index (Phi) is 4.59. The Bertz CT molecular complexity index is 679. The van der Waals surface area contributed by atoms with Crippen LogP contribution < -0.4 is 5.76 Å². The molecule has 0 radical (unpaired) electrons. The maximum Gasteiger partial charge on any atom is 0.421 e. The Labute approximate surface area is 129 Å². The van der Waals surface area contributed by atoms with Gasteiger partial charge in [-0.1, -0.05) is 13.3 Å². The normalized spacial score (nSPS) is 21.3. The van der Waals surface area contributed by atoms with Crippen molar-refractivity contribution in [3.8, 4) is 0 Å². The second-order valence-corrected chi connectivity index (χ2v) is 5.92. The Hall–Kier alpha value is -1.66. The zero-order valence-corrected chi connectivity index (χ0v) is 12.9. The van der Waals surface area contributed by atoms with Crippen molar-refractivity contribution in [3.63, 3.8) is 0 Å². The average Bonchev–Trinajstić information content (AvgIpc) is 2.87. The third kappa shape index (κ3) is 2.94. The lowest BCUT2D eigenvalue weighted by Gasteiger charge is -2.38. The van der Waals surface area contributed by atoms with Gasteiger partial charge in [-0.25, -0.2) is 9.78 Å². The number of piperidine rings is 1. The Morgan fingerprint density at radius 1 is 1.45 bits per heavy atom. The molecule has 2 aromatic rings. The summed E-state index contributed by atoms with van der Waals surface area (Å²) in [5.41, 5.74) is 1.12. The molecule has 1 aliphatic rings. The quantitative estimate of drug-likeness (QED) is 0.909. The van der Waals surface area contributed by atoms with Crippen LogP contribution in [0.25, 0.3) is 11.2 Å². The largest absolute Gasteiger partial charge is 0.421 e. The van der Waals surface area contributed by atoms with Gasteiger partial charge in [-0.15, -0.1) is 0 Å². The smallest absolute Gasteiger partial charge is 0.406 e. The Balaban J connectivity index is 1.75. The molecule has 2 aromatic heterocycles. The van der Waals surface area contributed by atoms with Gasteiger partial charge >= 0.3 is 5.76 Å². The summed E-state index contributed by atoms with van der Waals surface area (Å²) >= 11 is 0. The van der Waals surface area contributed by atoms with Crippen LogP contribution in [0, 0.1) is 0 Å². The first-order valence-corrected chi connectivity index (χ1v) is 8.07. The van der Waals surface area contributed by atoms with Crippen LogP contribution in [0.3, 0.4) is 0 Å². The number of hydrogen-bond donors (Lipinski definition) is 1. The fraction of sp³-hybridized carbons (Fsp3) is 0.625. The number of aliphatic hydroxyl groups is 1. The molecule has 2 atom stereocenters. The number of rotatable bonds is 5. The number of aromatic nitrogens is 2. The minimum Gasteiger partial charge on any atom is -0.406 e. The molecule has 0 spiro atoms. The number of aliphatic hydroxyl groups excluding tert-OH is 1. The van der Waals surface area contributed by atoms with Crippen LogP contribution in [0.1, 0.15) is 32.6 Å². The first kappa shape index (κ1) is 15.2. The van der Waals surface area contributed by atoms with Crippen molar-refractivity contribution >= 4 is 11.2 Å². The van der Waals surface area contributed by atoms with Crippen LogP contribution >= 0.6 is 0 Å². The molecule has 3 rings (SSSR count). The van der Waals surface area contributed by atoms with E-state index in [0.29, 0.717) is 17.8 Å². The molecule has 1 aliphatic heterocycles. The molecule has 1 saturated heterocycles. The SMILES string of the molecule is CCC(O)C1CCCCN1CCn1c(=O)oc2cccnc21. The molecular weight excluding hydrogens is 282 g/mol. The van der Waals surface area contributed by atoms with Crippen LogP contribution in [-0.2, 0) is 6.54 Å². The minimum absolute atomic E-state index is 0.195. The zero-order valence-electron chi connectivity index (χ0n) is 12.9. The van der Waals surface area contributed by atoms with Crippen molar-refractivity contribution in [3.05, 3.63) is 28.9 Å². The molecule has 22 heavy (non-hydrogen) atoms. The van der Waals surface area contributed by atoms with Crippen molar-refractivity contribution < 1.29 is 9.52 Å². The molecule has 0 bridgehead atoms. The van der Waals surface area contributed by atoms with Gasteiger partial charge in [0.25, 0.3) is 0 Å². The maximum absolute atomic E-state index is 12.0. The molecule has 6 heteroatoms. The highest BCUT2D eigenvalue weighted by molar-refractivity contribution is 5.67. The molecule has 0 aromatic carbocycles. The lowest BCUT2D eigenvalue weighted by molar-refractivity contribution is 0.0222. The summed E-state index contributed by atoms with van der Waals surface area (Å²) < 4.78 is 6.79. The van der Waals surface area contributed by atoms with E-state index >= 15 is 0 Å². The van der Waals surface area contributed by atoms with Gasteiger partial charge in [0.2, 0.25) is 0 Å². The molecule has 120 valence electrons. The average molecular weight is 305 g/mol. The van der Waals surface area contributed by atoms with Gasteiger partial charge in [-0.2, -0.15) is 0 Å². The van der Waals surface area contributed by atoms with Gasteiger partial charge < -0.3 is 9.52 Å². The molecule has 0 amide bonds. The summed E-state index contributed by atoms with van der Waals surface area (Å²) in [6.45, 7) is 4.25. The molecule has 0 aliphatic carbocycles. The first-order chi connectivity index (χ1) is 10.7. The second kappa shape index (κ2) is 6.62. The van der Waals surface area contributed by atoms with Gasteiger partial charge in [0, 0.05) is 25.3 Å². The molecule has 0 saturated carbocycles. The van der Waals surface area contributed by atoms with E-state index in [0.717, 1.165) is 38.8 Å². The van der Waals surface area contributed by atoms with E-state index in [4.69, 9.17) is 4.42 Å². The predicted molar refractivity (Wildman–Crippen MR) is 83.8 cm³/mol. The van der Waals surface area contributed by atoms with Crippen molar-refractivity contribution in [2.45, 2.75) is 51.3 Å². The number of nitrogens with zero attached hydrogens (tertiary/aromatic N) is 3. The van der Waals surface area contributed by atoms with Crippen LogP contribution in [-0.4, -0.2) is 44.8 Å². The maximum atomic E-state index is 12.0. The fourth-order valence-electron chi connectivity index (χ4n) is 3.33. The molecule has 6 nitrogen and oxygen atoms in total. The zero-order chi connectivity index (χ0) is 15.5. The van der Waals surface area contributed by atoms with Gasteiger partial charge in [0.05, 0.1) is 6.10 Å². The van der Waals surface area contributed by atoms with E-state index in [9.17, 15) is 9.90 Å². The number of likely N-dealkylation sites (tertiary alicyclic amines) is 1. The molecule has 1 N–H and O–H groups in total. The summed E-state index contributed by atoms with van der Waals surface area (Å²) in [6.07, 6.45) is 5.46. The first-order valence-electron chi connectivity index (χ1n) is 8.07. The standard InChI is InChI=1S/C16H23N3O3/c1-2-13(20)12-6-3-4-9-18(12)10-11-19-15-14(22-16(19)21)7-5-8-17-15/h5,7-8,12-13,20H,2-4,6,9-11H2,1H3. The second-order valence-electron chi connectivity index (χ2n) is 5.92. The van der Waals surface area contributed by atoms with E-state index in [1.165, 1.54) is 0 Å². The number of fused-ring (bicyclic) bond motifs is 1. The summed E-state index contributed by atoms with van der Waals surface area (Å²) in [4.78, 5) is 18.5. The van der Waals surface area contributed by atoms with E-state index in [-0.39, 0.29) is 17.9 Å². The van der Waals surface area contributed by atoms with Gasteiger partial charge in [0.1, 0.15) is 0 Å². The highest BCUT2D eigenvalue weighted by atomic mass is 16.4. The summed E-state index contributed by atoms with van der Waals surface area (Å²) in [7, 11) is 0. The number of oxazole rings is 1. The van der Waals surface area contributed by atoms with E-state index in [2.05, 4.69) is 9.88 Å². The number of pyridine rings is 1. The number of hydrogen-bond acceptors (Lipinski definition) is 5. The highest BCUT2D eigenvalue weighted by Crippen LogP contribution is 2.21. The van der Waals surface area contributed by atoms with Gasteiger partial charge in [-0.05, 0) is 37.9 Å². The van der Waals surface area contributed by atoms with E-state index in [1.807, 2.05) is 6.92 Å². The monoisotopic (exact) mass is 305 g/mol. The predicted octanol–water partition coefficient (Wildman–Crippen LogP) is 1.61.